The van der Waals surface area contributed by atoms with E-state index in [1.54, 1.807) is 23.1 Å². The summed E-state index contributed by atoms with van der Waals surface area (Å²) in [4.78, 5) is 30.4. The summed E-state index contributed by atoms with van der Waals surface area (Å²) in [5.41, 5.74) is 6.07. The van der Waals surface area contributed by atoms with E-state index in [0.717, 1.165) is 25.7 Å². The van der Waals surface area contributed by atoms with Crippen LogP contribution in [0.4, 0.5) is 0 Å². The molecule has 124 valence electrons. The van der Waals surface area contributed by atoms with Gasteiger partial charge in [-0.1, -0.05) is 11.2 Å². The fourth-order valence-electron chi connectivity index (χ4n) is 3.13. The topological polar surface area (TPSA) is 102 Å². The molecule has 1 saturated heterocycles. The van der Waals surface area contributed by atoms with Gasteiger partial charge in [0.1, 0.15) is 0 Å². The quantitative estimate of drug-likeness (QED) is 0.926. The Kier molecular flexibility index (Phi) is 3.55. The molecule has 1 saturated carbocycles. The van der Waals surface area contributed by atoms with E-state index in [1.807, 2.05) is 0 Å². The van der Waals surface area contributed by atoms with Crippen LogP contribution in [0.15, 0.2) is 28.8 Å². The van der Waals surface area contributed by atoms with Crippen molar-refractivity contribution in [3.8, 4) is 0 Å². The second-order valence-electron chi connectivity index (χ2n) is 6.37. The van der Waals surface area contributed by atoms with Crippen LogP contribution in [-0.4, -0.2) is 33.4 Å². The predicted molar refractivity (Wildman–Crippen MR) is 84.2 cm³/mol. The summed E-state index contributed by atoms with van der Waals surface area (Å²) in [5.74, 6) is 0.964. The normalized spacial score (nSPS) is 20.3. The lowest BCUT2D eigenvalue weighted by molar-refractivity contribution is 0.0728. The van der Waals surface area contributed by atoms with Crippen molar-refractivity contribution in [1.82, 2.24) is 15.0 Å². The molecular formula is C17H18N4O3. The summed E-state index contributed by atoms with van der Waals surface area (Å²) < 4.78 is 5.33. The number of likely N-dealkylation sites (tertiary alicyclic amines) is 1. The van der Waals surface area contributed by atoms with Gasteiger partial charge >= 0.3 is 0 Å². The number of amides is 2. The highest BCUT2D eigenvalue weighted by Gasteiger charge is 2.36. The molecule has 0 radical (unpaired) electrons. The molecule has 24 heavy (non-hydrogen) atoms. The summed E-state index contributed by atoms with van der Waals surface area (Å²) in [6.07, 6.45) is 3.88. The van der Waals surface area contributed by atoms with E-state index in [9.17, 15) is 9.59 Å². The van der Waals surface area contributed by atoms with Gasteiger partial charge in [0, 0.05) is 23.6 Å². The molecule has 2 aromatic rings. The molecule has 2 fully saturated rings. The minimum atomic E-state index is -0.546. The average molecular weight is 326 g/mol. The van der Waals surface area contributed by atoms with Crippen molar-refractivity contribution in [2.75, 3.05) is 6.54 Å². The van der Waals surface area contributed by atoms with Gasteiger partial charge < -0.3 is 15.2 Å². The highest BCUT2D eigenvalue weighted by atomic mass is 16.5. The maximum Gasteiger partial charge on any atom is 0.254 e. The first-order valence-corrected chi connectivity index (χ1v) is 8.18. The van der Waals surface area contributed by atoms with E-state index in [-0.39, 0.29) is 11.9 Å². The molecule has 2 heterocycles. The molecule has 1 atom stereocenters. The van der Waals surface area contributed by atoms with Crippen molar-refractivity contribution in [3.05, 3.63) is 47.1 Å². The molecule has 0 unspecified atom stereocenters. The summed E-state index contributed by atoms with van der Waals surface area (Å²) in [5, 5.41) is 4.08. The zero-order valence-corrected chi connectivity index (χ0v) is 13.1. The first-order valence-electron chi connectivity index (χ1n) is 8.18. The van der Waals surface area contributed by atoms with Crippen molar-refractivity contribution < 1.29 is 14.1 Å². The molecule has 1 aromatic heterocycles. The number of hydrogen-bond acceptors (Lipinski definition) is 5. The molecular weight excluding hydrogens is 308 g/mol. The largest absolute Gasteiger partial charge is 0.366 e. The van der Waals surface area contributed by atoms with Gasteiger partial charge in [-0.15, -0.1) is 0 Å². The van der Waals surface area contributed by atoms with E-state index < -0.39 is 5.91 Å². The van der Waals surface area contributed by atoms with Gasteiger partial charge in [0.2, 0.25) is 11.8 Å². The van der Waals surface area contributed by atoms with Crippen molar-refractivity contribution in [2.45, 2.75) is 37.6 Å². The van der Waals surface area contributed by atoms with E-state index >= 15 is 0 Å². The van der Waals surface area contributed by atoms with Crippen LogP contribution in [0.2, 0.25) is 0 Å². The molecule has 2 N–H and O–H groups in total. The number of nitrogens with zero attached hydrogens (tertiary/aromatic N) is 3. The summed E-state index contributed by atoms with van der Waals surface area (Å²) in [6, 6.07) is 6.31. The highest BCUT2D eigenvalue weighted by Crippen LogP contribution is 2.40. The maximum absolute atomic E-state index is 12.8. The second-order valence-corrected chi connectivity index (χ2v) is 6.37. The van der Waals surface area contributed by atoms with E-state index in [1.165, 1.54) is 6.07 Å². The molecule has 0 spiro atoms. The van der Waals surface area contributed by atoms with E-state index in [2.05, 4.69) is 10.1 Å². The number of rotatable bonds is 4. The van der Waals surface area contributed by atoms with Crippen molar-refractivity contribution >= 4 is 11.8 Å². The molecule has 4 rings (SSSR count). The SMILES string of the molecule is NC(=O)c1cccc(C(=O)N2CCC[C@H]2c2noc(C3CC3)n2)c1. The number of carbonyl (C=O) groups is 2. The van der Waals surface area contributed by atoms with Gasteiger partial charge in [-0.2, -0.15) is 4.98 Å². The third-order valence-electron chi connectivity index (χ3n) is 4.59. The van der Waals surface area contributed by atoms with Gasteiger partial charge in [-0.25, -0.2) is 0 Å². The third kappa shape index (κ3) is 2.66. The average Bonchev–Trinajstić information content (AvgIpc) is 3.12. The Morgan fingerprint density at radius 1 is 1.21 bits per heavy atom. The number of carbonyl (C=O) groups excluding carboxylic acids is 2. The fraction of sp³-hybridized carbons (Fsp3) is 0.412. The molecule has 7 heteroatoms. The van der Waals surface area contributed by atoms with Gasteiger partial charge in [0.25, 0.3) is 5.91 Å². The zero-order chi connectivity index (χ0) is 16.7. The minimum absolute atomic E-state index is 0.140. The van der Waals surface area contributed by atoms with Crippen LogP contribution < -0.4 is 5.73 Å². The van der Waals surface area contributed by atoms with Crippen molar-refractivity contribution in [1.29, 1.82) is 0 Å². The van der Waals surface area contributed by atoms with Crippen LogP contribution in [0, 0.1) is 0 Å². The predicted octanol–water partition coefficient (Wildman–Crippen LogP) is 2.02. The molecule has 0 bridgehead atoms. The Morgan fingerprint density at radius 2 is 2.00 bits per heavy atom. The maximum atomic E-state index is 12.8. The van der Waals surface area contributed by atoms with Crippen LogP contribution in [0.25, 0.3) is 0 Å². The van der Waals surface area contributed by atoms with Crippen LogP contribution >= 0.6 is 0 Å². The number of nitrogens with two attached hydrogens (primary N) is 1. The fourth-order valence-corrected chi connectivity index (χ4v) is 3.13. The number of benzene rings is 1. The lowest BCUT2D eigenvalue weighted by Gasteiger charge is -2.22. The number of aromatic nitrogens is 2. The molecule has 2 aliphatic rings. The van der Waals surface area contributed by atoms with Crippen molar-refractivity contribution in [2.24, 2.45) is 5.73 Å². The van der Waals surface area contributed by atoms with Gasteiger partial charge in [-0.3, -0.25) is 9.59 Å². The smallest absolute Gasteiger partial charge is 0.254 e. The lowest BCUT2D eigenvalue weighted by Crippen LogP contribution is -2.31. The molecule has 7 nitrogen and oxygen atoms in total. The van der Waals surface area contributed by atoms with Crippen LogP contribution in [0.5, 0.6) is 0 Å². The van der Waals surface area contributed by atoms with Gasteiger partial charge in [0.15, 0.2) is 5.82 Å². The Bertz CT molecular complexity index is 797. The first kappa shape index (κ1) is 14.9. The lowest BCUT2D eigenvalue weighted by atomic mass is 10.1. The number of hydrogen-bond donors (Lipinski definition) is 1. The van der Waals surface area contributed by atoms with E-state index in [4.69, 9.17) is 10.3 Å². The van der Waals surface area contributed by atoms with Crippen LogP contribution in [0.3, 0.4) is 0 Å². The number of primary amides is 1. The monoisotopic (exact) mass is 326 g/mol. The standard InChI is InChI=1S/C17H18N4O3/c18-14(22)11-3-1-4-12(9-11)17(23)21-8-2-5-13(21)15-19-16(24-20-15)10-6-7-10/h1,3-4,9-10,13H,2,5-8H2,(H2,18,22)/t13-/m0/s1. The molecule has 2 amide bonds. The van der Waals surface area contributed by atoms with Gasteiger partial charge in [-0.05, 0) is 43.9 Å². The van der Waals surface area contributed by atoms with Crippen LogP contribution in [-0.2, 0) is 0 Å². The summed E-state index contributed by atoms with van der Waals surface area (Å²) in [6.45, 7) is 0.637. The Balaban J connectivity index is 1.58. The highest BCUT2D eigenvalue weighted by molar-refractivity contribution is 5.99. The Hall–Kier alpha value is -2.70. The Labute approximate surface area is 138 Å². The van der Waals surface area contributed by atoms with Crippen LogP contribution in [0.1, 0.15) is 70.1 Å². The first-order chi connectivity index (χ1) is 11.6. The molecule has 1 aliphatic heterocycles. The minimum Gasteiger partial charge on any atom is -0.366 e. The zero-order valence-electron chi connectivity index (χ0n) is 13.1. The molecule has 1 aromatic carbocycles. The van der Waals surface area contributed by atoms with E-state index in [0.29, 0.717) is 35.3 Å². The van der Waals surface area contributed by atoms with Gasteiger partial charge in [0.05, 0.1) is 6.04 Å². The third-order valence-corrected chi connectivity index (χ3v) is 4.59. The Morgan fingerprint density at radius 3 is 2.75 bits per heavy atom. The van der Waals surface area contributed by atoms with Crippen molar-refractivity contribution in [3.63, 3.8) is 0 Å². The second kappa shape index (κ2) is 5.74. The molecule has 1 aliphatic carbocycles. The summed E-state index contributed by atoms with van der Waals surface area (Å²) >= 11 is 0. The summed E-state index contributed by atoms with van der Waals surface area (Å²) in [7, 11) is 0.